The predicted molar refractivity (Wildman–Crippen MR) is 86.4 cm³/mol. The van der Waals surface area contributed by atoms with Crippen LogP contribution in [0.25, 0.3) is 0 Å². The van der Waals surface area contributed by atoms with Gasteiger partial charge in [0.15, 0.2) is 0 Å². The molecular weight excluding hydrogens is 322 g/mol. The first-order valence-electron chi connectivity index (χ1n) is 7.69. The molecule has 0 saturated carbocycles. The summed E-state index contributed by atoms with van der Waals surface area (Å²) in [6.07, 6.45) is 1.99. The lowest BCUT2D eigenvalue weighted by Gasteiger charge is -2.30. The maximum absolute atomic E-state index is 11.8. The van der Waals surface area contributed by atoms with Crippen molar-refractivity contribution >= 4 is 22.0 Å². The van der Waals surface area contributed by atoms with Crippen LogP contribution in [0.3, 0.4) is 0 Å². The lowest BCUT2D eigenvalue weighted by atomic mass is 10.1. The molecule has 1 fully saturated rings. The minimum Gasteiger partial charge on any atom is -0.444 e. The van der Waals surface area contributed by atoms with E-state index >= 15 is 0 Å². The summed E-state index contributed by atoms with van der Waals surface area (Å²) in [7, 11) is -3.16. The second-order valence-corrected chi connectivity index (χ2v) is 8.66. The average molecular weight is 349 g/mol. The van der Waals surface area contributed by atoms with Gasteiger partial charge in [0.05, 0.1) is 6.26 Å². The molecule has 2 N–H and O–H groups in total. The van der Waals surface area contributed by atoms with Gasteiger partial charge in [-0.1, -0.05) is 0 Å². The van der Waals surface area contributed by atoms with Crippen molar-refractivity contribution < 1.29 is 22.7 Å². The number of alkyl carbamates (subject to hydrolysis) is 1. The maximum Gasteiger partial charge on any atom is 0.407 e. The first-order chi connectivity index (χ1) is 10.5. The van der Waals surface area contributed by atoms with Crippen molar-refractivity contribution in [1.82, 2.24) is 14.9 Å². The van der Waals surface area contributed by atoms with Crippen molar-refractivity contribution in [2.75, 3.05) is 25.9 Å². The zero-order chi connectivity index (χ0) is 17.7. The van der Waals surface area contributed by atoms with Crippen LogP contribution in [0.5, 0.6) is 0 Å². The van der Waals surface area contributed by atoms with Crippen LogP contribution in [0.4, 0.5) is 4.79 Å². The molecule has 0 aromatic rings. The maximum atomic E-state index is 11.8. The molecule has 1 heterocycles. The fourth-order valence-corrected chi connectivity index (χ4v) is 3.10. The standard InChI is InChI=1S/C14H27N3O5S/c1-14(2,3)22-13(19)15-8-5-12(18)16-11-6-9-17(10-7-11)23(4,20)21/h11H,5-10H2,1-4H3,(H,15,19)(H,16,18). The molecule has 9 heteroatoms. The summed E-state index contributed by atoms with van der Waals surface area (Å²) in [6, 6.07) is -0.0259. The lowest BCUT2D eigenvalue weighted by Crippen LogP contribution is -2.46. The van der Waals surface area contributed by atoms with E-state index in [0.29, 0.717) is 25.9 Å². The number of carbonyl (C=O) groups is 2. The van der Waals surface area contributed by atoms with Gasteiger partial charge in [0.1, 0.15) is 5.60 Å². The molecule has 1 aliphatic heterocycles. The molecule has 1 rings (SSSR count). The number of amides is 2. The van der Waals surface area contributed by atoms with Gasteiger partial charge in [-0.15, -0.1) is 0 Å². The number of rotatable bonds is 5. The third-order valence-electron chi connectivity index (χ3n) is 3.31. The van der Waals surface area contributed by atoms with E-state index in [1.807, 2.05) is 0 Å². The third kappa shape index (κ3) is 8.17. The Hall–Kier alpha value is -1.35. The second-order valence-electron chi connectivity index (χ2n) is 6.68. The SMILES string of the molecule is CC(C)(C)OC(=O)NCCC(=O)NC1CCN(S(C)(=O)=O)CC1. The van der Waals surface area contributed by atoms with Crippen LogP contribution < -0.4 is 10.6 Å². The van der Waals surface area contributed by atoms with Crippen LogP contribution >= 0.6 is 0 Å². The first kappa shape index (κ1) is 19.7. The Labute approximate surface area is 138 Å². The summed E-state index contributed by atoms with van der Waals surface area (Å²) in [6.45, 7) is 6.33. The largest absolute Gasteiger partial charge is 0.444 e. The van der Waals surface area contributed by atoms with E-state index < -0.39 is 21.7 Å². The molecule has 0 aliphatic carbocycles. The molecule has 134 valence electrons. The molecule has 8 nitrogen and oxygen atoms in total. The Bertz CT molecular complexity index is 519. The molecule has 0 spiro atoms. The molecule has 0 aromatic carbocycles. The second kappa shape index (κ2) is 7.96. The Balaban J connectivity index is 2.22. The molecule has 0 aromatic heterocycles. The molecule has 0 atom stereocenters. The third-order valence-corrected chi connectivity index (χ3v) is 4.61. The van der Waals surface area contributed by atoms with Crippen molar-refractivity contribution in [2.45, 2.75) is 51.7 Å². The molecule has 23 heavy (non-hydrogen) atoms. The number of sulfonamides is 1. The molecule has 1 saturated heterocycles. The van der Waals surface area contributed by atoms with E-state index in [9.17, 15) is 18.0 Å². The van der Waals surface area contributed by atoms with Crippen LogP contribution in [-0.2, 0) is 19.6 Å². The summed E-state index contributed by atoms with van der Waals surface area (Å²) >= 11 is 0. The summed E-state index contributed by atoms with van der Waals surface area (Å²) < 4.78 is 29.3. The summed E-state index contributed by atoms with van der Waals surface area (Å²) in [5, 5.41) is 5.39. The van der Waals surface area contributed by atoms with Crippen LogP contribution in [0, 0.1) is 0 Å². The van der Waals surface area contributed by atoms with Gasteiger partial charge in [-0.25, -0.2) is 17.5 Å². The topological polar surface area (TPSA) is 105 Å². The van der Waals surface area contributed by atoms with Gasteiger partial charge in [0.2, 0.25) is 15.9 Å². The van der Waals surface area contributed by atoms with E-state index in [0.717, 1.165) is 0 Å². The average Bonchev–Trinajstić information content (AvgIpc) is 2.36. The van der Waals surface area contributed by atoms with Crippen LogP contribution in [0.2, 0.25) is 0 Å². The number of ether oxygens (including phenoxy) is 1. The highest BCUT2D eigenvalue weighted by Gasteiger charge is 2.25. The van der Waals surface area contributed by atoms with Crippen LogP contribution in [0.15, 0.2) is 0 Å². The molecule has 0 bridgehead atoms. The van der Waals surface area contributed by atoms with E-state index in [1.54, 1.807) is 20.8 Å². The van der Waals surface area contributed by atoms with E-state index in [4.69, 9.17) is 4.74 Å². The van der Waals surface area contributed by atoms with Gasteiger partial charge in [-0.2, -0.15) is 0 Å². The Kier molecular flexibility index (Phi) is 6.82. The highest BCUT2D eigenvalue weighted by molar-refractivity contribution is 7.88. The van der Waals surface area contributed by atoms with Gasteiger partial charge in [0, 0.05) is 32.1 Å². The van der Waals surface area contributed by atoms with Crippen LogP contribution in [0.1, 0.15) is 40.0 Å². The van der Waals surface area contributed by atoms with Gasteiger partial charge >= 0.3 is 6.09 Å². The minimum absolute atomic E-state index is 0.0259. The first-order valence-corrected chi connectivity index (χ1v) is 9.53. The van der Waals surface area contributed by atoms with Crippen molar-refractivity contribution in [3.63, 3.8) is 0 Å². The predicted octanol–water partition coefficient (Wildman–Crippen LogP) is 0.441. The Morgan fingerprint density at radius 1 is 1.22 bits per heavy atom. The highest BCUT2D eigenvalue weighted by Crippen LogP contribution is 2.13. The smallest absolute Gasteiger partial charge is 0.407 e. The van der Waals surface area contributed by atoms with Gasteiger partial charge in [-0.05, 0) is 33.6 Å². The number of piperidine rings is 1. The van der Waals surface area contributed by atoms with Gasteiger partial charge < -0.3 is 15.4 Å². The molecule has 0 radical (unpaired) electrons. The Morgan fingerprint density at radius 2 is 1.78 bits per heavy atom. The molecule has 0 unspecified atom stereocenters. The van der Waals surface area contributed by atoms with Crippen LogP contribution in [-0.4, -0.2) is 62.3 Å². The fourth-order valence-electron chi connectivity index (χ4n) is 2.22. The van der Waals surface area contributed by atoms with E-state index in [2.05, 4.69) is 10.6 Å². The lowest BCUT2D eigenvalue weighted by molar-refractivity contribution is -0.121. The summed E-state index contributed by atoms with van der Waals surface area (Å²) in [5.41, 5.74) is -0.570. The van der Waals surface area contributed by atoms with Gasteiger partial charge in [0.25, 0.3) is 0 Å². The molecule has 1 aliphatic rings. The van der Waals surface area contributed by atoms with Crippen molar-refractivity contribution in [2.24, 2.45) is 0 Å². The molecule has 2 amide bonds. The quantitative estimate of drug-likeness (QED) is 0.749. The van der Waals surface area contributed by atoms with Crippen molar-refractivity contribution in [3.05, 3.63) is 0 Å². The van der Waals surface area contributed by atoms with Gasteiger partial charge in [-0.3, -0.25) is 4.79 Å². The zero-order valence-corrected chi connectivity index (χ0v) is 15.0. The Morgan fingerprint density at radius 3 is 2.26 bits per heavy atom. The van der Waals surface area contributed by atoms with Crippen molar-refractivity contribution in [1.29, 1.82) is 0 Å². The summed E-state index contributed by atoms with van der Waals surface area (Å²) in [5.74, 6) is -0.168. The highest BCUT2D eigenvalue weighted by atomic mass is 32.2. The number of carbonyl (C=O) groups excluding carboxylic acids is 2. The molecular formula is C14H27N3O5S. The summed E-state index contributed by atoms with van der Waals surface area (Å²) in [4.78, 5) is 23.3. The zero-order valence-electron chi connectivity index (χ0n) is 14.2. The minimum atomic E-state index is -3.16. The van der Waals surface area contributed by atoms with E-state index in [-0.39, 0.29) is 24.9 Å². The number of nitrogens with zero attached hydrogens (tertiary/aromatic N) is 1. The van der Waals surface area contributed by atoms with E-state index in [1.165, 1.54) is 10.6 Å². The normalized spacial score (nSPS) is 17.6. The number of nitrogens with one attached hydrogen (secondary N) is 2. The number of hydrogen-bond donors (Lipinski definition) is 2. The fraction of sp³-hybridized carbons (Fsp3) is 0.857. The number of hydrogen-bond acceptors (Lipinski definition) is 5. The monoisotopic (exact) mass is 349 g/mol. The van der Waals surface area contributed by atoms with Crippen molar-refractivity contribution in [3.8, 4) is 0 Å².